The number of aryl methyl sites for hydroxylation is 1. The molecule has 10 nitrogen and oxygen atoms in total. The maximum Gasteiger partial charge on any atom is 0.277 e. The SMILES string of the molecule is Cc1nc(C(=O)Nc2cccc(Oc3cccnc3)c2)cs1.O=C(Nc1cccc(Oc2cccnc2)c1)c1ncc(F)cc1F. The lowest BCUT2D eigenvalue weighted by molar-refractivity contribution is 0.101. The highest BCUT2D eigenvalue weighted by Gasteiger charge is 2.15. The van der Waals surface area contributed by atoms with E-state index in [9.17, 15) is 18.4 Å². The van der Waals surface area contributed by atoms with Crippen LogP contribution in [0, 0.1) is 18.6 Å². The van der Waals surface area contributed by atoms with E-state index < -0.39 is 23.2 Å². The predicted molar refractivity (Wildman–Crippen MR) is 168 cm³/mol. The van der Waals surface area contributed by atoms with E-state index >= 15 is 0 Å². The minimum atomic E-state index is -1.03. The van der Waals surface area contributed by atoms with Crippen molar-refractivity contribution in [3.63, 3.8) is 0 Å². The summed E-state index contributed by atoms with van der Waals surface area (Å²) in [6, 6.07) is 21.4. The smallest absolute Gasteiger partial charge is 0.277 e. The summed E-state index contributed by atoms with van der Waals surface area (Å²) in [5.41, 5.74) is 0.958. The van der Waals surface area contributed by atoms with Crippen LogP contribution in [0.1, 0.15) is 26.0 Å². The van der Waals surface area contributed by atoms with Gasteiger partial charge < -0.3 is 20.1 Å². The van der Waals surface area contributed by atoms with Crippen molar-refractivity contribution in [2.45, 2.75) is 6.92 Å². The number of pyridine rings is 3. The molecule has 6 aromatic rings. The summed E-state index contributed by atoms with van der Waals surface area (Å²) in [6.07, 6.45) is 7.25. The van der Waals surface area contributed by atoms with Crippen molar-refractivity contribution in [2.75, 3.05) is 10.6 Å². The van der Waals surface area contributed by atoms with Gasteiger partial charge >= 0.3 is 0 Å². The third-order valence-electron chi connectivity index (χ3n) is 5.80. The number of hydrogen-bond donors (Lipinski definition) is 2. The van der Waals surface area contributed by atoms with Crippen molar-refractivity contribution in [3.05, 3.63) is 143 Å². The molecule has 0 fully saturated rings. The molecule has 2 N–H and O–H groups in total. The molecule has 0 atom stereocenters. The van der Waals surface area contributed by atoms with Crippen LogP contribution in [0.2, 0.25) is 0 Å². The lowest BCUT2D eigenvalue weighted by Crippen LogP contribution is -2.15. The molecule has 230 valence electrons. The topological polar surface area (TPSA) is 128 Å². The first-order valence-corrected chi connectivity index (χ1v) is 14.4. The number of aromatic nitrogens is 4. The first kappa shape index (κ1) is 31.3. The Balaban J connectivity index is 0.000000182. The van der Waals surface area contributed by atoms with Crippen molar-refractivity contribution < 1.29 is 27.8 Å². The number of carbonyl (C=O) groups excluding carboxylic acids is 2. The second-order valence-corrected chi connectivity index (χ2v) is 10.3. The van der Waals surface area contributed by atoms with E-state index in [1.165, 1.54) is 11.3 Å². The van der Waals surface area contributed by atoms with Crippen molar-refractivity contribution >= 4 is 34.5 Å². The Labute approximate surface area is 265 Å². The highest BCUT2D eigenvalue weighted by atomic mass is 32.1. The molecule has 4 aromatic heterocycles. The van der Waals surface area contributed by atoms with Crippen LogP contribution in [-0.2, 0) is 0 Å². The Morgan fingerprint density at radius 2 is 1.28 bits per heavy atom. The van der Waals surface area contributed by atoms with Crippen molar-refractivity contribution in [2.24, 2.45) is 0 Å². The van der Waals surface area contributed by atoms with Gasteiger partial charge in [0.15, 0.2) is 11.5 Å². The summed E-state index contributed by atoms with van der Waals surface area (Å²) < 4.78 is 37.7. The van der Waals surface area contributed by atoms with Gasteiger partial charge in [0.25, 0.3) is 11.8 Å². The zero-order chi connectivity index (χ0) is 32.3. The maximum absolute atomic E-state index is 13.6. The Morgan fingerprint density at radius 1 is 0.717 bits per heavy atom. The highest BCUT2D eigenvalue weighted by Crippen LogP contribution is 2.25. The Hall–Kier alpha value is -6.08. The molecule has 4 heterocycles. The van der Waals surface area contributed by atoms with Crippen molar-refractivity contribution in [1.82, 2.24) is 19.9 Å². The molecule has 0 aliphatic heterocycles. The fourth-order valence-corrected chi connectivity index (χ4v) is 4.39. The Kier molecular flexibility index (Phi) is 10.3. The first-order chi connectivity index (χ1) is 22.3. The molecule has 6 rings (SSSR count). The number of carbonyl (C=O) groups is 2. The van der Waals surface area contributed by atoms with Gasteiger partial charge in [-0.1, -0.05) is 12.1 Å². The zero-order valence-corrected chi connectivity index (χ0v) is 24.9. The summed E-state index contributed by atoms with van der Waals surface area (Å²) in [5, 5.41) is 7.89. The van der Waals surface area contributed by atoms with E-state index in [1.54, 1.807) is 84.8 Å². The number of nitrogens with zero attached hydrogens (tertiary/aromatic N) is 4. The largest absolute Gasteiger partial charge is 0.456 e. The lowest BCUT2D eigenvalue weighted by Gasteiger charge is -2.09. The van der Waals surface area contributed by atoms with Crippen LogP contribution in [-0.4, -0.2) is 31.8 Å². The molecule has 0 aliphatic carbocycles. The average Bonchev–Trinajstić information content (AvgIpc) is 3.49. The monoisotopic (exact) mass is 638 g/mol. The molecule has 13 heteroatoms. The molecule has 0 bridgehead atoms. The lowest BCUT2D eigenvalue weighted by atomic mass is 10.2. The molecular weight excluding hydrogens is 614 g/mol. The van der Waals surface area contributed by atoms with E-state index in [0.29, 0.717) is 46.1 Å². The number of thiazole rings is 1. The van der Waals surface area contributed by atoms with Gasteiger partial charge in [0, 0.05) is 47.3 Å². The number of benzene rings is 2. The molecule has 0 saturated heterocycles. The molecular formula is C33H24F2N6O4S. The number of amides is 2. The number of ether oxygens (including phenoxy) is 2. The van der Waals surface area contributed by atoms with Crippen LogP contribution in [0.25, 0.3) is 0 Å². The van der Waals surface area contributed by atoms with Crippen molar-refractivity contribution in [1.29, 1.82) is 0 Å². The molecule has 46 heavy (non-hydrogen) atoms. The van der Waals surface area contributed by atoms with Crippen LogP contribution < -0.4 is 20.1 Å². The highest BCUT2D eigenvalue weighted by molar-refractivity contribution is 7.09. The van der Waals surface area contributed by atoms with E-state index in [4.69, 9.17) is 9.47 Å². The van der Waals surface area contributed by atoms with Gasteiger partial charge in [-0.2, -0.15) is 0 Å². The van der Waals surface area contributed by atoms with Crippen LogP contribution in [0.3, 0.4) is 0 Å². The van der Waals surface area contributed by atoms with Crippen LogP contribution >= 0.6 is 11.3 Å². The Bertz CT molecular complexity index is 1940. The standard InChI is InChI=1S/C17H11F2N3O2.C16H13N3O2S/c18-11-7-15(19)16(21-9-11)17(23)22-12-3-1-4-13(8-12)24-14-5-2-6-20-10-14;1-11-18-15(10-22-11)16(20)19-12-4-2-5-13(8-12)21-14-6-3-7-17-9-14/h1-10H,(H,22,23);2-10H,1H3,(H,19,20). The second kappa shape index (κ2) is 15.1. The summed E-state index contributed by atoms with van der Waals surface area (Å²) in [7, 11) is 0. The minimum Gasteiger partial charge on any atom is -0.456 e. The molecule has 0 radical (unpaired) electrons. The molecule has 2 amide bonds. The maximum atomic E-state index is 13.6. The first-order valence-electron chi connectivity index (χ1n) is 13.5. The zero-order valence-electron chi connectivity index (χ0n) is 24.1. The molecule has 2 aromatic carbocycles. The summed E-state index contributed by atoms with van der Waals surface area (Å²) in [4.78, 5) is 39.7. The van der Waals surface area contributed by atoms with Gasteiger partial charge in [-0.05, 0) is 55.5 Å². The van der Waals surface area contributed by atoms with Gasteiger partial charge in [-0.15, -0.1) is 11.3 Å². The summed E-state index contributed by atoms with van der Waals surface area (Å²) >= 11 is 1.44. The van der Waals surface area contributed by atoms with E-state index in [1.807, 2.05) is 25.1 Å². The third kappa shape index (κ3) is 8.97. The van der Waals surface area contributed by atoms with E-state index in [2.05, 4.69) is 30.6 Å². The Morgan fingerprint density at radius 3 is 1.78 bits per heavy atom. The molecule has 0 saturated carbocycles. The number of rotatable bonds is 8. The van der Waals surface area contributed by atoms with Crippen LogP contribution in [0.5, 0.6) is 23.0 Å². The number of hydrogen-bond acceptors (Lipinski definition) is 9. The summed E-state index contributed by atoms with van der Waals surface area (Å²) in [5.74, 6) is -0.637. The van der Waals surface area contributed by atoms with Gasteiger partial charge in [0.05, 0.1) is 23.6 Å². The molecule has 0 unspecified atom stereocenters. The quantitative estimate of drug-likeness (QED) is 0.174. The summed E-state index contributed by atoms with van der Waals surface area (Å²) in [6.45, 7) is 1.86. The number of halogens is 2. The predicted octanol–water partition coefficient (Wildman–Crippen LogP) is 7.69. The van der Waals surface area contributed by atoms with Gasteiger partial charge in [-0.25, -0.2) is 18.7 Å². The van der Waals surface area contributed by atoms with E-state index in [-0.39, 0.29) is 5.91 Å². The number of nitrogens with one attached hydrogen (secondary N) is 2. The number of anilines is 2. The fraction of sp³-hybridized carbons (Fsp3) is 0.0303. The second-order valence-electron chi connectivity index (χ2n) is 9.28. The van der Waals surface area contributed by atoms with Gasteiger partial charge in [0.1, 0.15) is 34.5 Å². The normalized spacial score (nSPS) is 10.2. The fourth-order valence-electron chi connectivity index (χ4n) is 3.80. The van der Waals surface area contributed by atoms with Gasteiger partial charge in [0.2, 0.25) is 0 Å². The third-order valence-corrected chi connectivity index (χ3v) is 6.57. The average molecular weight is 639 g/mol. The van der Waals surface area contributed by atoms with Crippen LogP contribution in [0.15, 0.2) is 115 Å². The van der Waals surface area contributed by atoms with Crippen LogP contribution in [0.4, 0.5) is 20.2 Å². The molecule has 0 aliphatic rings. The van der Waals surface area contributed by atoms with E-state index in [0.717, 1.165) is 11.2 Å². The minimum absolute atomic E-state index is 0.233. The molecule has 0 spiro atoms. The van der Waals surface area contributed by atoms with Crippen molar-refractivity contribution in [3.8, 4) is 23.0 Å². The van der Waals surface area contributed by atoms with Gasteiger partial charge in [-0.3, -0.25) is 19.6 Å².